The molecule has 1 fully saturated rings. The number of carbonyl (C=O) groups is 12. The zero-order valence-electron chi connectivity index (χ0n) is 52.4. The molecule has 3 aromatic rings. The molecule has 33 heteroatoms. The summed E-state index contributed by atoms with van der Waals surface area (Å²) in [6, 6.07) is 12.2. The van der Waals surface area contributed by atoms with Crippen molar-refractivity contribution < 1.29 is 77.2 Å². The quantitative estimate of drug-likeness (QED) is 0.0183. The average Bonchev–Trinajstić information content (AvgIpc) is 0.979. The van der Waals surface area contributed by atoms with Gasteiger partial charge in [-0.3, -0.25) is 62.5 Å². The Kier molecular flexibility index (Phi) is 36.0. The number of carboxylic acids is 2. The lowest BCUT2D eigenvalue weighted by Gasteiger charge is -2.26. The number of nitrogens with one attached hydrogen (secondary N) is 10. The highest BCUT2D eigenvalue weighted by Crippen LogP contribution is 2.17. The predicted octanol–water partition coefficient (Wildman–Crippen LogP) is -2.76. The van der Waals surface area contributed by atoms with E-state index in [0.717, 1.165) is 34.0 Å². The van der Waals surface area contributed by atoms with E-state index in [-0.39, 0.29) is 69.6 Å². The van der Waals surface area contributed by atoms with Gasteiger partial charge in [-0.25, -0.2) is 0 Å². The molecule has 0 aliphatic carbocycles. The number of hydrogen-bond acceptors (Lipinski definition) is 19. The SMILES string of the molecule is Cc1ccc(CCSC[C@@H]2NC(=O)[C@H](CC(=O)O)NC(=O)CSCC(C(=O)NCC(=O)NCCOCCOCCN)NC(=O)[C@H](Cc3ccccc3)NC(=O)[C@H](CSCc3ccc(C)cc3)NC(=O)[C@H](CC(=O)O)NC(=O)CNC(=O)[C@H](CCCN=C(N)N)NC2=O)cc1. The number of thioether (sulfide) groups is 3. The summed E-state index contributed by atoms with van der Waals surface area (Å²) in [7, 11) is 0. The van der Waals surface area contributed by atoms with Crippen molar-refractivity contribution >= 4 is 112 Å². The molecule has 4 rings (SSSR count). The molecular formula is C61H86N14O16S3. The lowest BCUT2D eigenvalue weighted by atomic mass is 10.0. The number of rotatable bonds is 30. The van der Waals surface area contributed by atoms with Crippen LogP contribution in [0, 0.1) is 13.8 Å². The summed E-state index contributed by atoms with van der Waals surface area (Å²) >= 11 is 3.17. The van der Waals surface area contributed by atoms with Crippen LogP contribution in [-0.4, -0.2) is 217 Å². The van der Waals surface area contributed by atoms with Gasteiger partial charge in [0, 0.05) is 49.1 Å². The molecule has 0 radical (unpaired) electrons. The Bertz CT molecular complexity index is 3020. The number of guanidine groups is 1. The molecule has 0 aromatic heterocycles. The van der Waals surface area contributed by atoms with Crippen LogP contribution in [0.4, 0.5) is 0 Å². The maximum atomic E-state index is 14.7. The number of nitrogens with two attached hydrogens (primary N) is 3. The molecule has 94 heavy (non-hydrogen) atoms. The first-order valence-electron chi connectivity index (χ1n) is 30.2. The number of carboxylic acid groups (broad SMARTS) is 2. The molecule has 3 aromatic carbocycles. The third kappa shape index (κ3) is 31.9. The molecule has 514 valence electrons. The summed E-state index contributed by atoms with van der Waals surface area (Å²) in [5.41, 5.74) is 20.8. The molecular weight excluding hydrogens is 1280 g/mol. The fraction of sp³-hybridized carbons (Fsp3) is 0.492. The lowest BCUT2D eigenvalue weighted by molar-refractivity contribution is -0.141. The van der Waals surface area contributed by atoms with Crippen molar-refractivity contribution in [3.63, 3.8) is 0 Å². The van der Waals surface area contributed by atoms with E-state index in [0.29, 0.717) is 36.6 Å². The van der Waals surface area contributed by atoms with Crippen LogP contribution in [0.15, 0.2) is 83.9 Å². The van der Waals surface area contributed by atoms with Crippen LogP contribution in [0.25, 0.3) is 0 Å². The van der Waals surface area contributed by atoms with Crippen molar-refractivity contribution in [1.82, 2.24) is 53.2 Å². The van der Waals surface area contributed by atoms with Gasteiger partial charge >= 0.3 is 11.9 Å². The summed E-state index contributed by atoms with van der Waals surface area (Å²) in [4.78, 5) is 169. The number of benzene rings is 3. The second kappa shape index (κ2) is 43.4. The highest BCUT2D eigenvalue weighted by Gasteiger charge is 2.35. The zero-order chi connectivity index (χ0) is 68.8. The number of nitrogens with zero attached hydrogens (tertiary/aromatic N) is 1. The van der Waals surface area contributed by atoms with Crippen LogP contribution in [0.3, 0.4) is 0 Å². The van der Waals surface area contributed by atoms with Crippen LogP contribution in [0.2, 0.25) is 0 Å². The molecule has 18 N–H and O–H groups in total. The molecule has 1 unspecified atom stereocenters. The Morgan fingerprint density at radius 3 is 1.74 bits per heavy atom. The summed E-state index contributed by atoms with van der Waals surface area (Å²) in [5.74, 6) is -13.6. The molecule has 1 heterocycles. The van der Waals surface area contributed by atoms with Gasteiger partial charge in [0.25, 0.3) is 0 Å². The van der Waals surface area contributed by atoms with Gasteiger partial charge in [-0.1, -0.05) is 90.0 Å². The monoisotopic (exact) mass is 1370 g/mol. The van der Waals surface area contributed by atoms with Gasteiger partial charge in [-0.15, -0.1) is 11.8 Å². The van der Waals surface area contributed by atoms with Crippen LogP contribution in [0.5, 0.6) is 0 Å². The van der Waals surface area contributed by atoms with Gasteiger partial charge in [0.15, 0.2) is 5.96 Å². The van der Waals surface area contributed by atoms with Crippen molar-refractivity contribution in [3.8, 4) is 0 Å². The van der Waals surface area contributed by atoms with Crippen LogP contribution >= 0.6 is 35.3 Å². The molecule has 0 bridgehead atoms. The largest absolute Gasteiger partial charge is 0.481 e. The van der Waals surface area contributed by atoms with Crippen LogP contribution in [-0.2, 0) is 85.6 Å². The number of amides is 10. The normalized spacial score (nSPS) is 20.0. The van der Waals surface area contributed by atoms with Crippen molar-refractivity contribution in [2.75, 3.05) is 87.9 Å². The zero-order valence-corrected chi connectivity index (χ0v) is 54.9. The minimum atomic E-state index is -1.88. The molecule has 1 saturated heterocycles. The predicted molar refractivity (Wildman–Crippen MR) is 355 cm³/mol. The van der Waals surface area contributed by atoms with E-state index in [2.05, 4.69) is 58.2 Å². The van der Waals surface area contributed by atoms with Crippen LogP contribution in [0.1, 0.15) is 53.5 Å². The molecule has 0 spiro atoms. The Balaban J connectivity index is 1.77. The second-order valence-electron chi connectivity index (χ2n) is 21.5. The standard InChI is InChI=1S/C61H86N14O16S3/c1-37-10-14-39(15-11-37)18-26-92-33-47-59(88)71-42(9-6-20-66-61(63)64)54(83)68-31-50(77)69-44(28-52(79)80)57(86)75-48(35-93-32-41-16-12-38(2)13-17-41)60(89)72-43(27-40-7-4-3-5-8-40)56(85)73-46(34-94-36-51(78)70-45(29-53(81)82)58(87)74-47)55(84)67-30-49(76)65-21-23-91-25-24-90-22-19-62/h3-5,7-8,10-17,42-48H,6,9,18-36,62H2,1-2H3,(H,65,76)(H,67,84)(H,68,83)(H,69,77)(H,70,78)(H,71,88)(H,72,89)(H,73,85)(H,74,87)(H,75,86)(H,79,80)(H,81,82)(H4,63,64,66)/t42-,43-,44-,45-,46?,47-,48-/m0/s1. The first kappa shape index (κ1) is 77.9. The van der Waals surface area contributed by atoms with Gasteiger partial charge in [0.2, 0.25) is 59.1 Å². The summed E-state index contributed by atoms with van der Waals surface area (Å²) in [6.45, 7) is 3.60. The van der Waals surface area contributed by atoms with Crippen molar-refractivity contribution in [2.45, 2.75) is 100 Å². The Morgan fingerprint density at radius 1 is 0.606 bits per heavy atom. The molecule has 7 atom stereocenters. The molecule has 30 nitrogen and oxygen atoms in total. The average molecular weight is 1370 g/mol. The van der Waals surface area contributed by atoms with Crippen molar-refractivity contribution in [2.24, 2.45) is 22.2 Å². The van der Waals surface area contributed by atoms with E-state index in [1.54, 1.807) is 30.3 Å². The fourth-order valence-corrected chi connectivity index (χ4v) is 11.6. The molecule has 0 saturated carbocycles. The number of aliphatic imine (C=N–C) groups is 1. The summed E-state index contributed by atoms with van der Waals surface area (Å²) in [6.07, 6.45) is -1.80. The van der Waals surface area contributed by atoms with Gasteiger partial charge in [-0.05, 0) is 55.6 Å². The second-order valence-corrected chi connectivity index (χ2v) is 24.7. The van der Waals surface area contributed by atoms with Gasteiger partial charge in [0.05, 0.1) is 58.1 Å². The highest BCUT2D eigenvalue weighted by atomic mass is 32.2. The molecule has 10 amide bonds. The Hall–Kier alpha value is -8.50. The van der Waals surface area contributed by atoms with E-state index < -0.39 is 151 Å². The Morgan fingerprint density at radius 2 is 1.15 bits per heavy atom. The first-order chi connectivity index (χ1) is 45.0. The van der Waals surface area contributed by atoms with E-state index in [4.69, 9.17) is 26.7 Å². The van der Waals surface area contributed by atoms with Crippen LogP contribution < -0.4 is 70.4 Å². The van der Waals surface area contributed by atoms with Crippen molar-refractivity contribution in [3.05, 3.63) is 107 Å². The minimum Gasteiger partial charge on any atom is -0.481 e. The summed E-state index contributed by atoms with van der Waals surface area (Å²) in [5, 5.41) is 45.0. The van der Waals surface area contributed by atoms with E-state index >= 15 is 0 Å². The third-order valence-electron chi connectivity index (χ3n) is 13.6. The lowest BCUT2D eigenvalue weighted by Crippen LogP contribution is -2.60. The number of aryl methyl sites for hydroxylation is 3. The number of hydrogen-bond donors (Lipinski definition) is 15. The minimum absolute atomic E-state index is 0.0280. The van der Waals surface area contributed by atoms with Gasteiger partial charge in [-0.2, -0.15) is 23.5 Å². The van der Waals surface area contributed by atoms with E-state index in [1.165, 1.54) is 23.5 Å². The topological polar surface area (TPSA) is 474 Å². The molecule has 1 aliphatic heterocycles. The summed E-state index contributed by atoms with van der Waals surface area (Å²) < 4.78 is 10.7. The molecule has 1 aliphatic rings. The third-order valence-corrected chi connectivity index (χ3v) is 16.8. The van der Waals surface area contributed by atoms with Gasteiger partial charge in [0.1, 0.15) is 42.3 Å². The highest BCUT2D eigenvalue weighted by molar-refractivity contribution is 8.00. The van der Waals surface area contributed by atoms with Crippen molar-refractivity contribution in [1.29, 1.82) is 0 Å². The fourth-order valence-electron chi connectivity index (χ4n) is 8.70. The maximum Gasteiger partial charge on any atom is 0.305 e. The maximum absolute atomic E-state index is 14.7. The van der Waals surface area contributed by atoms with Gasteiger partial charge < -0.3 is 90.1 Å². The van der Waals surface area contributed by atoms with E-state index in [1.807, 2.05) is 62.4 Å². The number of carbonyl (C=O) groups excluding carboxylic acids is 10. The van der Waals surface area contributed by atoms with E-state index in [9.17, 15) is 67.7 Å². The number of aliphatic carboxylic acids is 2. The smallest absolute Gasteiger partial charge is 0.305 e. The Labute approximate surface area is 557 Å². The number of ether oxygens (including phenoxy) is 2. The first-order valence-corrected chi connectivity index (χ1v) is 33.6.